The van der Waals surface area contributed by atoms with Gasteiger partial charge < -0.3 is 14.9 Å². The van der Waals surface area contributed by atoms with Crippen molar-refractivity contribution in [3.8, 4) is 0 Å². The molecule has 0 aliphatic rings. The zero-order valence-electron chi connectivity index (χ0n) is 8.64. The molecule has 0 radical (unpaired) electrons. The van der Waals surface area contributed by atoms with E-state index in [1.165, 1.54) is 6.08 Å². The highest BCUT2D eigenvalue weighted by Gasteiger charge is 2.11. The second-order valence-corrected chi connectivity index (χ2v) is 2.96. The molecule has 0 aliphatic carbocycles. The highest BCUT2D eigenvalue weighted by molar-refractivity contribution is 5.81. The summed E-state index contributed by atoms with van der Waals surface area (Å²) in [4.78, 5) is 10.8. The van der Waals surface area contributed by atoms with Crippen molar-refractivity contribution in [3.05, 3.63) is 12.2 Å². The Balaban J connectivity index is 3.90. The monoisotopic (exact) mass is 202 g/mol. The first-order valence-corrected chi connectivity index (χ1v) is 4.82. The third-order valence-electron chi connectivity index (χ3n) is 1.69. The summed E-state index contributed by atoms with van der Waals surface area (Å²) in [5.74, 6) is -0.504. The number of aliphatic hydroxyl groups is 2. The number of hydrogen-bond acceptors (Lipinski definition) is 4. The zero-order chi connectivity index (χ0) is 11.0. The van der Waals surface area contributed by atoms with Crippen LogP contribution in [0.2, 0.25) is 0 Å². The van der Waals surface area contributed by atoms with Crippen LogP contribution in [0, 0.1) is 0 Å². The molecule has 0 aromatic rings. The van der Waals surface area contributed by atoms with Gasteiger partial charge in [-0.2, -0.15) is 0 Å². The van der Waals surface area contributed by atoms with Crippen molar-refractivity contribution in [2.24, 2.45) is 0 Å². The first-order valence-electron chi connectivity index (χ1n) is 4.82. The fourth-order valence-electron chi connectivity index (χ4n) is 0.962. The predicted molar refractivity (Wildman–Crippen MR) is 52.7 cm³/mol. The molecule has 0 aromatic carbocycles. The van der Waals surface area contributed by atoms with Crippen molar-refractivity contribution in [2.75, 3.05) is 6.61 Å². The molecule has 0 unspecified atom stereocenters. The van der Waals surface area contributed by atoms with E-state index in [0.717, 1.165) is 12.5 Å². The third kappa shape index (κ3) is 5.72. The molecule has 0 spiro atoms. The van der Waals surface area contributed by atoms with Crippen LogP contribution in [0.15, 0.2) is 12.2 Å². The van der Waals surface area contributed by atoms with Gasteiger partial charge in [-0.25, -0.2) is 4.79 Å². The van der Waals surface area contributed by atoms with Crippen LogP contribution in [0.5, 0.6) is 0 Å². The van der Waals surface area contributed by atoms with Gasteiger partial charge in [0.05, 0.1) is 18.8 Å². The van der Waals surface area contributed by atoms with Crippen LogP contribution in [0.4, 0.5) is 0 Å². The van der Waals surface area contributed by atoms with Crippen molar-refractivity contribution >= 4 is 5.97 Å². The van der Waals surface area contributed by atoms with Crippen LogP contribution < -0.4 is 0 Å². The van der Waals surface area contributed by atoms with Crippen molar-refractivity contribution in [1.82, 2.24) is 0 Å². The normalized spacial score (nSPS) is 15.4. The maximum absolute atomic E-state index is 10.8. The van der Waals surface area contributed by atoms with Crippen molar-refractivity contribution < 1.29 is 19.7 Å². The Bertz CT molecular complexity index is 189. The molecule has 0 aromatic heterocycles. The summed E-state index contributed by atoms with van der Waals surface area (Å²) >= 11 is 0. The molecule has 14 heavy (non-hydrogen) atoms. The molecular formula is C10H18O4. The topological polar surface area (TPSA) is 66.8 Å². The SMILES string of the molecule is CCC[C@@H](O)[C@@H](O)/C=C/C(=O)OCC. The van der Waals surface area contributed by atoms with Crippen LogP contribution in [-0.2, 0) is 9.53 Å². The van der Waals surface area contributed by atoms with E-state index in [1.807, 2.05) is 6.92 Å². The van der Waals surface area contributed by atoms with E-state index >= 15 is 0 Å². The zero-order valence-corrected chi connectivity index (χ0v) is 8.64. The molecule has 2 atom stereocenters. The second kappa shape index (κ2) is 7.53. The summed E-state index contributed by atoms with van der Waals surface area (Å²) in [5.41, 5.74) is 0. The van der Waals surface area contributed by atoms with Gasteiger partial charge in [0.15, 0.2) is 0 Å². The van der Waals surface area contributed by atoms with Crippen molar-refractivity contribution in [2.45, 2.75) is 38.9 Å². The molecule has 2 N–H and O–H groups in total. The average molecular weight is 202 g/mol. The minimum absolute atomic E-state index is 0.302. The molecular weight excluding hydrogens is 184 g/mol. The lowest BCUT2D eigenvalue weighted by Crippen LogP contribution is -2.23. The van der Waals surface area contributed by atoms with E-state index in [1.54, 1.807) is 6.92 Å². The summed E-state index contributed by atoms with van der Waals surface area (Å²) in [7, 11) is 0. The van der Waals surface area contributed by atoms with Gasteiger partial charge in [-0.05, 0) is 19.4 Å². The Kier molecular flexibility index (Phi) is 7.06. The lowest BCUT2D eigenvalue weighted by molar-refractivity contribution is -0.137. The fourth-order valence-corrected chi connectivity index (χ4v) is 0.962. The van der Waals surface area contributed by atoms with Crippen LogP contribution in [-0.4, -0.2) is 35.0 Å². The molecule has 0 amide bonds. The number of esters is 1. The third-order valence-corrected chi connectivity index (χ3v) is 1.69. The molecule has 0 saturated carbocycles. The number of aliphatic hydroxyl groups excluding tert-OH is 2. The second-order valence-electron chi connectivity index (χ2n) is 2.96. The van der Waals surface area contributed by atoms with Crippen molar-refractivity contribution in [1.29, 1.82) is 0 Å². The van der Waals surface area contributed by atoms with Crippen LogP contribution in [0.25, 0.3) is 0 Å². The largest absolute Gasteiger partial charge is 0.463 e. The first-order chi connectivity index (χ1) is 6.61. The van der Waals surface area contributed by atoms with Gasteiger partial charge in [0.2, 0.25) is 0 Å². The molecule has 0 saturated heterocycles. The van der Waals surface area contributed by atoms with E-state index in [-0.39, 0.29) is 0 Å². The highest BCUT2D eigenvalue weighted by atomic mass is 16.5. The molecule has 0 aliphatic heterocycles. The summed E-state index contributed by atoms with van der Waals surface area (Å²) in [6.07, 6.45) is 1.86. The fraction of sp³-hybridized carbons (Fsp3) is 0.700. The Morgan fingerprint density at radius 2 is 2.07 bits per heavy atom. The Morgan fingerprint density at radius 3 is 2.57 bits per heavy atom. The van der Waals surface area contributed by atoms with E-state index in [0.29, 0.717) is 13.0 Å². The highest BCUT2D eigenvalue weighted by Crippen LogP contribution is 2.03. The molecule has 0 heterocycles. The Morgan fingerprint density at radius 1 is 1.43 bits per heavy atom. The Labute approximate surface area is 84.2 Å². The van der Waals surface area contributed by atoms with E-state index in [2.05, 4.69) is 4.74 Å². The molecule has 82 valence electrons. The maximum Gasteiger partial charge on any atom is 0.330 e. The minimum atomic E-state index is -1.00. The van der Waals surface area contributed by atoms with Gasteiger partial charge in [0.25, 0.3) is 0 Å². The van der Waals surface area contributed by atoms with Crippen molar-refractivity contribution in [3.63, 3.8) is 0 Å². The van der Waals surface area contributed by atoms with Gasteiger partial charge in [-0.1, -0.05) is 13.3 Å². The molecule has 0 fully saturated rings. The number of hydrogen-bond donors (Lipinski definition) is 2. The lowest BCUT2D eigenvalue weighted by Gasteiger charge is -2.12. The van der Waals surface area contributed by atoms with Crippen LogP contribution >= 0.6 is 0 Å². The molecule has 0 bridgehead atoms. The van der Waals surface area contributed by atoms with Crippen LogP contribution in [0.1, 0.15) is 26.7 Å². The number of carbonyl (C=O) groups is 1. The smallest absolute Gasteiger partial charge is 0.330 e. The molecule has 4 heteroatoms. The Hall–Kier alpha value is -0.870. The first kappa shape index (κ1) is 13.1. The summed E-state index contributed by atoms with van der Waals surface area (Å²) < 4.78 is 4.61. The van der Waals surface area contributed by atoms with Gasteiger partial charge in [-0.15, -0.1) is 0 Å². The summed E-state index contributed by atoms with van der Waals surface area (Å²) in [6, 6.07) is 0. The van der Waals surface area contributed by atoms with E-state index in [4.69, 9.17) is 0 Å². The summed E-state index contributed by atoms with van der Waals surface area (Å²) in [6.45, 7) is 3.91. The predicted octanol–water partition coefficient (Wildman–Crippen LogP) is 0.628. The minimum Gasteiger partial charge on any atom is -0.463 e. The molecule has 0 rings (SSSR count). The summed E-state index contributed by atoms with van der Waals surface area (Å²) in [5, 5.41) is 18.6. The lowest BCUT2D eigenvalue weighted by atomic mass is 10.1. The van der Waals surface area contributed by atoms with Gasteiger partial charge in [0, 0.05) is 6.08 Å². The maximum atomic E-state index is 10.8. The van der Waals surface area contributed by atoms with E-state index in [9.17, 15) is 15.0 Å². The number of rotatable bonds is 6. The van der Waals surface area contributed by atoms with Gasteiger partial charge in [-0.3, -0.25) is 0 Å². The standard InChI is InChI=1S/C10H18O4/c1-3-5-8(11)9(12)6-7-10(13)14-4-2/h6-9,11-12H,3-5H2,1-2H3/b7-6+/t8-,9+/m1/s1. The van der Waals surface area contributed by atoms with Crippen LogP contribution in [0.3, 0.4) is 0 Å². The molecule has 4 nitrogen and oxygen atoms in total. The number of ether oxygens (including phenoxy) is 1. The quantitative estimate of drug-likeness (QED) is 0.489. The van der Waals surface area contributed by atoms with E-state index < -0.39 is 18.2 Å². The average Bonchev–Trinajstić information content (AvgIpc) is 2.15. The van der Waals surface area contributed by atoms with Gasteiger partial charge >= 0.3 is 5.97 Å². The number of carbonyl (C=O) groups excluding carboxylic acids is 1. The van der Waals surface area contributed by atoms with Gasteiger partial charge in [0.1, 0.15) is 0 Å².